The first-order valence-corrected chi connectivity index (χ1v) is 11.4. The van der Waals surface area contributed by atoms with Gasteiger partial charge in [0.25, 0.3) is 0 Å². The summed E-state index contributed by atoms with van der Waals surface area (Å²) in [5, 5.41) is 2.14. The molecule has 1 aliphatic rings. The molecule has 0 amide bonds. The number of rotatable bonds is 3. The summed E-state index contributed by atoms with van der Waals surface area (Å²) in [6.07, 6.45) is 8.97. The van der Waals surface area contributed by atoms with Gasteiger partial charge in [-0.1, -0.05) is 31.0 Å². The van der Waals surface area contributed by atoms with Crippen molar-refractivity contribution in [3.8, 4) is 22.4 Å². The van der Waals surface area contributed by atoms with Gasteiger partial charge in [-0.15, -0.1) is 0 Å². The molecule has 1 aliphatic carbocycles. The number of fused-ring (bicyclic) bond motifs is 1. The minimum Gasteiger partial charge on any atom is -0.264 e. The van der Waals surface area contributed by atoms with Gasteiger partial charge >= 0.3 is 0 Å². The largest absolute Gasteiger partial charge is 0.264 e. The van der Waals surface area contributed by atoms with E-state index in [1.807, 2.05) is 12.3 Å². The molecule has 0 spiro atoms. The zero-order valence-corrected chi connectivity index (χ0v) is 19.0. The van der Waals surface area contributed by atoms with Crippen LogP contribution in [0.5, 0.6) is 0 Å². The molecule has 2 aromatic heterocycles. The Morgan fingerprint density at radius 2 is 1.81 bits per heavy atom. The molecule has 2 heteroatoms. The summed E-state index contributed by atoms with van der Waals surface area (Å²) in [6, 6.07) is 16.0. The van der Waals surface area contributed by atoms with Gasteiger partial charge in [0.2, 0.25) is 5.69 Å². The van der Waals surface area contributed by atoms with E-state index in [0.29, 0.717) is 12.0 Å². The molecule has 0 bridgehead atoms. The second kappa shape index (κ2) is 7.92. The lowest BCUT2D eigenvalue weighted by Crippen LogP contribution is -2.35. The van der Waals surface area contributed by atoms with Gasteiger partial charge in [-0.25, -0.2) is 0 Å². The van der Waals surface area contributed by atoms with Crippen molar-refractivity contribution in [3.05, 3.63) is 83.3 Å². The average Bonchev–Trinajstić information content (AvgIpc) is 3.36. The van der Waals surface area contributed by atoms with Crippen molar-refractivity contribution in [2.24, 2.45) is 7.05 Å². The highest BCUT2D eigenvalue weighted by molar-refractivity contribution is 5.96. The molecule has 1 saturated carbocycles. The van der Waals surface area contributed by atoms with E-state index in [2.05, 4.69) is 73.8 Å². The van der Waals surface area contributed by atoms with E-state index in [9.17, 15) is 0 Å². The molecule has 4 aromatic rings. The maximum Gasteiger partial charge on any atom is 0.220 e. The number of pyridine rings is 2. The minimum absolute atomic E-state index is 0.596. The molecular weight excluding hydrogens is 376 g/mol. The molecule has 0 aliphatic heterocycles. The molecule has 2 heterocycles. The standard InChI is InChI=1S/C29H31N2/c1-19-14-25(22-8-5-6-9-22)17-28(21(19)3)29-27-12-11-23(24-10-7-13-30-18-24)16-26(27)15-20(2)31(29)4/h7,10-18,22H,5-6,8-9H2,1-4H3/q+1/i15D. The Bertz CT molecular complexity index is 1320. The van der Waals surface area contributed by atoms with Crippen LogP contribution in [-0.4, -0.2) is 4.98 Å². The quantitative estimate of drug-likeness (QED) is 0.334. The highest BCUT2D eigenvalue weighted by atomic mass is 14.9. The number of hydrogen-bond acceptors (Lipinski definition) is 1. The Hall–Kier alpha value is -3.00. The fourth-order valence-electron chi connectivity index (χ4n) is 5.15. The van der Waals surface area contributed by atoms with Crippen molar-refractivity contribution in [3.63, 3.8) is 0 Å². The molecular formula is C29H31N2+. The Labute approximate surface area is 187 Å². The summed E-state index contributed by atoms with van der Waals surface area (Å²) in [5.74, 6) is 0.679. The first-order chi connectivity index (χ1) is 15.5. The third-order valence-electron chi connectivity index (χ3n) is 7.20. The predicted molar refractivity (Wildman–Crippen MR) is 129 cm³/mol. The van der Waals surface area contributed by atoms with Crippen LogP contribution in [0.15, 0.2) is 60.9 Å². The van der Waals surface area contributed by atoms with Crippen molar-refractivity contribution in [1.29, 1.82) is 0 Å². The van der Waals surface area contributed by atoms with Crippen molar-refractivity contribution >= 4 is 10.8 Å². The van der Waals surface area contributed by atoms with Crippen LogP contribution in [0.2, 0.25) is 0 Å². The molecule has 31 heavy (non-hydrogen) atoms. The van der Waals surface area contributed by atoms with E-state index in [4.69, 9.17) is 1.37 Å². The van der Waals surface area contributed by atoms with Crippen LogP contribution in [-0.2, 0) is 7.05 Å². The predicted octanol–water partition coefficient (Wildman–Crippen LogP) is 6.98. The van der Waals surface area contributed by atoms with Gasteiger partial charge in [0, 0.05) is 30.9 Å². The summed E-state index contributed by atoms with van der Waals surface area (Å²) in [4.78, 5) is 4.28. The summed E-state index contributed by atoms with van der Waals surface area (Å²) < 4.78 is 11.1. The van der Waals surface area contributed by atoms with Crippen molar-refractivity contribution in [2.75, 3.05) is 0 Å². The zero-order valence-electron chi connectivity index (χ0n) is 20.0. The number of nitrogens with zero attached hydrogens (tertiary/aromatic N) is 2. The van der Waals surface area contributed by atoms with E-state index >= 15 is 0 Å². The van der Waals surface area contributed by atoms with Crippen molar-refractivity contribution < 1.29 is 5.94 Å². The van der Waals surface area contributed by atoms with E-state index < -0.39 is 0 Å². The maximum atomic E-state index is 8.89. The molecule has 0 radical (unpaired) electrons. The molecule has 0 N–H and O–H groups in total. The van der Waals surface area contributed by atoms with Crippen LogP contribution in [0.4, 0.5) is 0 Å². The maximum absolute atomic E-state index is 8.89. The van der Waals surface area contributed by atoms with Crippen LogP contribution in [0.3, 0.4) is 0 Å². The third-order valence-corrected chi connectivity index (χ3v) is 7.20. The molecule has 156 valence electrons. The Kier molecular flexibility index (Phi) is 4.79. The van der Waals surface area contributed by atoms with E-state index in [1.54, 1.807) is 6.20 Å². The van der Waals surface area contributed by atoms with Gasteiger partial charge in [-0.3, -0.25) is 4.98 Å². The van der Waals surface area contributed by atoms with E-state index in [1.165, 1.54) is 53.6 Å². The van der Waals surface area contributed by atoms with Crippen molar-refractivity contribution in [1.82, 2.24) is 4.98 Å². The molecule has 0 unspecified atom stereocenters. The molecule has 2 aromatic carbocycles. The second-order valence-electron chi connectivity index (χ2n) is 9.11. The van der Waals surface area contributed by atoms with Crippen LogP contribution >= 0.6 is 0 Å². The zero-order chi connectivity index (χ0) is 22.4. The molecule has 0 saturated heterocycles. The summed E-state index contributed by atoms with van der Waals surface area (Å²) in [6.45, 7) is 6.54. The van der Waals surface area contributed by atoms with Crippen molar-refractivity contribution in [2.45, 2.75) is 52.4 Å². The fraction of sp³-hybridized carbons (Fsp3) is 0.310. The first kappa shape index (κ1) is 18.7. The summed E-state index contributed by atoms with van der Waals surface area (Å²) in [5.41, 5.74) is 9.85. The Morgan fingerprint density at radius 1 is 1.00 bits per heavy atom. The van der Waals surface area contributed by atoms with Crippen LogP contribution < -0.4 is 4.57 Å². The lowest BCUT2D eigenvalue weighted by molar-refractivity contribution is -0.665. The third kappa shape index (κ3) is 3.54. The summed E-state index contributed by atoms with van der Waals surface area (Å²) in [7, 11) is 2.11. The SMILES string of the molecule is [2H]c1c(C)[n+](C)c(-c2cc(C3CCCC3)cc(C)c2C)c2ccc(-c3cccnc3)cc12. The number of benzene rings is 2. The van der Waals surface area contributed by atoms with Gasteiger partial charge in [-0.2, -0.15) is 4.57 Å². The van der Waals surface area contributed by atoms with Gasteiger partial charge in [0.1, 0.15) is 7.05 Å². The highest BCUT2D eigenvalue weighted by Crippen LogP contribution is 2.39. The van der Waals surface area contributed by atoms with E-state index in [0.717, 1.165) is 27.6 Å². The van der Waals surface area contributed by atoms with Crippen LogP contribution in [0.1, 0.15) is 55.4 Å². The number of aryl methyl sites for hydroxylation is 1. The fourth-order valence-corrected chi connectivity index (χ4v) is 5.15. The molecule has 1 fully saturated rings. The van der Waals surface area contributed by atoms with E-state index in [-0.39, 0.29) is 0 Å². The minimum atomic E-state index is 0.596. The molecule has 2 nitrogen and oxygen atoms in total. The van der Waals surface area contributed by atoms with Gasteiger partial charge in [0.05, 0.1) is 12.3 Å². The Balaban J connectivity index is 1.78. The van der Waals surface area contributed by atoms with Crippen LogP contribution in [0.25, 0.3) is 33.2 Å². The first-order valence-electron chi connectivity index (χ1n) is 11.9. The lowest BCUT2D eigenvalue weighted by Gasteiger charge is -2.17. The second-order valence-corrected chi connectivity index (χ2v) is 9.11. The van der Waals surface area contributed by atoms with Crippen LogP contribution in [0, 0.1) is 20.8 Å². The van der Waals surface area contributed by atoms with Gasteiger partial charge in [0.15, 0.2) is 5.69 Å². The summed E-state index contributed by atoms with van der Waals surface area (Å²) >= 11 is 0. The number of aromatic nitrogens is 2. The topological polar surface area (TPSA) is 16.8 Å². The number of hydrogen-bond donors (Lipinski definition) is 0. The highest BCUT2D eigenvalue weighted by Gasteiger charge is 2.24. The normalized spacial score (nSPS) is 14.9. The molecule has 5 rings (SSSR count). The molecule has 0 atom stereocenters. The van der Waals surface area contributed by atoms with Gasteiger partial charge in [-0.05, 0) is 84.5 Å². The smallest absolute Gasteiger partial charge is 0.220 e. The average molecular weight is 409 g/mol. The Morgan fingerprint density at radius 3 is 2.55 bits per heavy atom. The monoisotopic (exact) mass is 408 g/mol. The lowest BCUT2D eigenvalue weighted by atomic mass is 9.88. The van der Waals surface area contributed by atoms with Gasteiger partial charge < -0.3 is 0 Å².